The van der Waals surface area contributed by atoms with Gasteiger partial charge in [0, 0.05) is 11.9 Å². The highest BCUT2D eigenvalue weighted by molar-refractivity contribution is 7.16. The highest BCUT2D eigenvalue weighted by Crippen LogP contribution is 2.24. The van der Waals surface area contributed by atoms with Crippen molar-refractivity contribution >= 4 is 28.8 Å². The number of anilines is 1. The second kappa shape index (κ2) is 5.34. The fourth-order valence-corrected chi connectivity index (χ4v) is 2.71. The van der Waals surface area contributed by atoms with E-state index in [2.05, 4.69) is 16.0 Å². The molecule has 0 saturated carbocycles. The number of halogens is 1. The lowest BCUT2D eigenvalue weighted by atomic mass is 10.3. The molecule has 0 amide bonds. The molecule has 0 bridgehead atoms. The van der Waals surface area contributed by atoms with Gasteiger partial charge in [-0.3, -0.25) is 0 Å². The molecule has 0 spiro atoms. The zero-order chi connectivity index (χ0) is 13.1. The van der Waals surface area contributed by atoms with Gasteiger partial charge >= 0.3 is 0 Å². The molecule has 18 heavy (non-hydrogen) atoms. The normalized spacial score (nSPS) is 10.1. The molecule has 0 saturated heterocycles. The largest absolute Gasteiger partial charge is 0.353 e. The molecule has 0 fully saturated rings. The predicted molar refractivity (Wildman–Crippen MR) is 72.9 cm³/mol. The van der Waals surface area contributed by atoms with Crippen LogP contribution in [-0.4, -0.2) is 17.0 Å². The molecule has 92 valence electrons. The third-order valence-corrected chi connectivity index (χ3v) is 3.61. The number of nitrogens with zero attached hydrogens (tertiary/aromatic N) is 4. The van der Waals surface area contributed by atoms with Crippen LogP contribution < -0.4 is 4.90 Å². The van der Waals surface area contributed by atoms with Gasteiger partial charge in [0.2, 0.25) is 0 Å². The fraction of sp³-hybridized carbons (Fsp3) is 0.250. The van der Waals surface area contributed by atoms with Crippen LogP contribution in [0.3, 0.4) is 0 Å². The van der Waals surface area contributed by atoms with E-state index in [4.69, 9.17) is 16.9 Å². The Bertz CT molecular complexity index is 602. The van der Waals surface area contributed by atoms with Crippen LogP contribution in [0.2, 0.25) is 4.34 Å². The maximum absolute atomic E-state index is 9.05. The number of nitriles is 1. The Morgan fingerprint density at radius 2 is 2.28 bits per heavy atom. The van der Waals surface area contributed by atoms with Gasteiger partial charge in [-0.1, -0.05) is 11.6 Å². The summed E-state index contributed by atoms with van der Waals surface area (Å²) in [5, 5.41) is 9.05. The van der Waals surface area contributed by atoms with Crippen LogP contribution in [0.1, 0.15) is 16.3 Å². The first-order valence-electron chi connectivity index (χ1n) is 5.29. The van der Waals surface area contributed by atoms with Gasteiger partial charge in [-0.05, 0) is 19.1 Å². The number of hydrogen-bond acceptors (Lipinski definition) is 5. The molecule has 0 unspecified atom stereocenters. The first-order valence-corrected chi connectivity index (χ1v) is 6.48. The molecule has 0 aliphatic carbocycles. The lowest BCUT2D eigenvalue weighted by Gasteiger charge is -2.18. The molecule has 2 heterocycles. The molecule has 0 aliphatic heterocycles. The molecule has 2 aromatic rings. The third kappa shape index (κ3) is 2.78. The zero-order valence-electron chi connectivity index (χ0n) is 10.0. The summed E-state index contributed by atoms with van der Waals surface area (Å²) in [5.74, 6) is 1.30. The van der Waals surface area contributed by atoms with Crippen molar-refractivity contribution in [2.75, 3.05) is 11.9 Å². The molecule has 2 rings (SSSR count). The van der Waals surface area contributed by atoms with Crippen molar-refractivity contribution in [1.82, 2.24) is 9.97 Å². The van der Waals surface area contributed by atoms with Crippen molar-refractivity contribution in [3.05, 3.63) is 38.9 Å². The first-order chi connectivity index (χ1) is 8.60. The van der Waals surface area contributed by atoms with Crippen LogP contribution in [-0.2, 0) is 6.54 Å². The smallest absolute Gasteiger partial charge is 0.150 e. The van der Waals surface area contributed by atoms with E-state index in [1.54, 1.807) is 13.1 Å². The average molecular weight is 279 g/mol. The van der Waals surface area contributed by atoms with Crippen LogP contribution in [0, 0.1) is 18.3 Å². The molecule has 0 aromatic carbocycles. The van der Waals surface area contributed by atoms with Gasteiger partial charge in [0.15, 0.2) is 0 Å². The second-order valence-corrected chi connectivity index (χ2v) is 5.63. The first kappa shape index (κ1) is 12.8. The van der Waals surface area contributed by atoms with Crippen LogP contribution in [0.25, 0.3) is 0 Å². The average Bonchev–Trinajstić information content (AvgIpc) is 2.74. The summed E-state index contributed by atoms with van der Waals surface area (Å²) in [4.78, 5) is 11.4. The van der Waals surface area contributed by atoms with E-state index in [1.165, 1.54) is 11.3 Å². The van der Waals surface area contributed by atoms with Gasteiger partial charge in [0.25, 0.3) is 0 Å². The van der Waals surface area contributed by atoms with Crippen LogP contribution in [0.15, 0.2) is 18.3 Å². The molecule has 0 atom stereocenters. The quantitative estimate of drug-likeness (QED) is 0.866. The lowest BCUT2D eigenvalue weighted by Crippen LogP contribution is -2.19. The minimum absolute atomic E-state index is 0.478. The minimum Gasteiger partial charge on any atom is -0.353 e. The van der Waals surface area contributed by atoms with Gasteiger partial charge in [-0.25, -0.2) is 9.97 Å². The van der Waals surface area contributed by atoms with Crippen molar-refractivity contribution in [2.24, 2.45) is 0 Å². The van der Waals surface area contributed by atoms with Crippen LogP contribution in [0.4, 0.5) is 5.82 Å². The Morgan fingerprint density at radius 3 is 2.89 bits per heavy atom. The molecule has 6 heteroatoms. The number of rotatable bonds is 3. The summed E-state index contributed by atoms with van der Waals surface area (Å²) in [7, 11) is 1.90. The highest BCUT2D eigenvalue weighted by atomic mass is 35.5. The van der Waals surface area contributed by atoms with Crippen molar-refractivity contribution in [2.45, 2.75) is 13.5 Å². The van der Waals surface area contributed by atoms with Crippen LogP contribution >= 0.6 is 22.9 Å². The van der Waals surface area contributed by atoms with Crippen molar-refractivity contribution in [3.63, 3.8) is 0 Å². The highest BCUT2D eigenvalue weighted by Gasteiger charge is 2.11. The fourth-order valence-electron chi connectivity index (χ4n) is 1.57. The summed E-state index contributed by atoms with van der Waals surface area (Å²) >= 11 is 7.42. The predicted octanol–water partition coefficient (Wildman–Crippen LogP) is 3.01. The summed E-state index contributed by atoms with van der Waals surface area (Å²) in [6.07, 6.45) is 1.55. The van der Waals surface area contributed by atoms with E-state index >= 15 is 0 Å². The zero-order valence-corrected chi connectivity index (χ0v) is 11.6. The van der Waals surface area contributed by atoms with Gasteiger partial charge in [-0.2, -0.15) is 5.26 Å². The van der Waals surface area contributed by atoms with E-state index in [9.17, 15) is 0 Å². The molecule has 0 aliphatic rings. The molecular formula is C12H11ClN4S. The Kier molecular flexibility index (Phi) is 3.80. The molecule has 0 N–H and O–H groups in total. The third-order valence-electron chi connectivity index (χ3n) is 2.39. The van der Waals surface area contributed by atoms with Gasteiger partial charge < -0.3 is 4.90 Å². The maximum Gasteiger partial charge on any atom is 0.150 e. The molecule has 2 aromatic heterocycles. The second-order valence-electron chi connectivity index (χ2n) is 3.83. The number of aryl methyl sites for hydroxylation is 1. The Labute approximate surface area is 114 Å². The molecular weight excluding hydrogens is 268 g/mol. The van der Waals surface area contributed by atoms with Crippen molar-refractivity contribution in [3.8, 4) is 6.07 Å². The van der Waals surface area contributed by atoms with E-state index in [0.29, 0.717) is 23.8 Å². The number of hydrogen-bond donors (Lipinski definition) is 0. The number of aromatic nitrogens is 2. The minimum atomic E-state index is 0.478. The van der Waals surface area contributed by atoms with E-state index in [-0.39, 0.29) is 0 Å². The Balaban J connectivity index is 2.26. The number of thiophene rings is 1. The van der Waals surface area contributed by atoms with Crippen molar-refractivity contribution < 1.29 is 0 Å². The Morgan fingerprint density at radius 1 is 1.50 bits per heavy atom. The molecule has 4 nitrogen and oxygen atoms in total. The van der Waals surface area contributed by atoms with Gasteiger partial charge in [-0.15, -0.1) is 11.3 Å². The van der Waals surface area contributed by atoms with Gasteiger partial charge in [0.05, 0.1) is 17.1 Å². The van der Waals surface area contributed by atoms with E-state index < -0.39 is 0 Å². The summed E-state index contributed by atoms with van der Waals surface area (Å²) < 4.78 is 0.762. The monoisotopic (exact) mass is 278 g/mol. The SMILES string of the molecule is Cc1ncc(C#N)c(N(C)Cc2ccc(Cl)s2)n1. The topological polar surface area (TPSA) is 52.8 Å². The van der Waals surface area contributed by atoms with Crippen LogP contribution in [0.5, 0.6) is 0 Å². The lowest BCUT2D eigenvalue weighted by molar-refractivity contribution is 0.886. The van der Waals surface area contributed by atoms with Crippen molar-refractivity contribution in [1.29, 1.82) is 5.26 Å². The summed E-state index contributed by atoms with van der Waals surface area (Å²) in [5.41, 5.74) is 0.478. The summed E-state index contributed by atoms with van der Waals surface area (Å²) in [6.45, 7) is 2.48. The summed E-state index contributed by atoms with van der Waals surface area (Å²) in [6, 6.07) is 5.95. The molecule has 0 radical (unpaired) electrons. The van der Waals surface area contributed by atoms with Gasteiger partial charge in [0.1, 0.15) is 23.3 Å². The Hall–Kier alpha value is -1.64. The standard InChI is InChI=1S/C12H11ClN4S/c1-8-15-6-9(5-14)12(16-8)17(2)7-10-3-4-11(13)18-10/h3-4,6H,7H2,1-2H3. The van der Waals surface area contributed by atoms with E-state index in [0.717, 1.165) is 9.21 Å². The van der Waals surface area contributed by atoms with E-state index in [1.807, 2.05) is 24.1 Å². The maximum atomic E-state index is 9.05.